The number of carbonyl (C=O) groups is 2. The van der Waals surface area contributed by atoms with Crippen molar-refractivity contribution in [2.24, 2.45) is 0 Å². The summed E-state index contributed by atoms with van der Waals surface area (Å²) in [5, 5.41) is 0.996. The molecule has 0 unspecified atom stereocenters. The third-order valence-corrected chi connectivity index (χ3v) is 4.67. The monoisotopic (exact) mass is 354 g/mol. The lowest BCUT2D eigenvalue weighted by atomic mass is 10.0. The van der Waals surface area contributed by atoms with E-state index in [1.54, 1.807) is 12.3 Å². The molecular formula is C23H18N2O2. The highest BCUT2D eigenvalue weighted by molar-refractivity contribution is 6.16. The van der Waals surface area contributed by atoms with E-state index in [0.29, 0.717) is 23.4 Å². The summed E-state index contributed by atoms with van der Waals surface area (Å²) in [6.45, 7) is 2.03. The van der Waals surface area contributed by atoms with Crippen LogP contribution in [0.25, 0.3) is 10.9 Å². The second-order valence-electron chi connectivity index (χ2n) is 6.47. The standard InChI is InChI=1S/C23H18N2O2/c1-16(26)20-14-24-12-11-19(20)23(27)22-13-18-9-5-6-10-21(18)25(22)15-17-7-3-2-4-8-17/h2-14H,15H2,1H3. The van der Waals surface area contributed by atoms with Crippen molar-refractivity contribution in [3.63, 3.8) is 0 Å². The lowest BCUT2D eigenvalue weighted by molar-refractivity contribution is 0.0987. The Labute approximate surface area is 157 Å². The van der Waals surface area contributed by atoms with Gasteiger partial charge in [-0.25, -0.2) is 0 Å². The molecule has 4 rings (SSSR count). The average molecular weight is 354 g/mol. The quantitative estimate of drug-likeness (QED) is 0.495. The van der Waals surface area contributed by atoms with Crippen LogP contribution in [0.1, 0.15) is 38.9 Å². The van der Waals surface area contributed by atoms with Crippen LogP contribution in [0.2, 0.25) is 0 Å². The van der Waals surface area contributed by atoms with E-state index in [2.05, 4.69) is 4.98 Å². The largest absolute Gasteiger partial charge is 0.333 e. The highest BCUT2D eigenvalue weighted by Gasteiger charge is 2.21. The maximum absolute atomic E-state index is 13.4. The van der Waals surface area contributed by atoms with Gasteiger partial charge in [0.15, 0.2) is 5.78 Å². The minimum atomic E-state index is -0.172. The number of fused-ring (bicyclic) bond motifs is 1. The number of carbonyl (C=O) groups excluding carboxylic acids is 2. The summed E-state index contributed by atoms with van der Waals surface area (Å²) in [4.78, 5) is 29.3. The topological polar surface area (TPSA) is 52.0 Å². The van der Waals surface area contributed by atoms with Gasteiger partial charge in [0.05, 0.1) is 5.69 Å². The molecule has 0 spiro atoms. The molecule has 4 nitrogen and oxygen atoms in total. The molecule has 2 aromatic heterocycles. The summed E-state index contributed by atoms with van der Waals surface area (Å²) < 4.78 is 2.01. The maximum atomic E-state index is 13.4. The molecule has 27 heavy (non-hydrogen) atoms. The van der Waals surface area contributed by atoms with Crippen LogP contribution in [-0.2, 0) is 6.54 Å². The fourth-order valence-electron chi connectivity index (χ4n) is 3.35. The van der Waals surface area contributed by atoms with Crippen LogP contribution in [0.3, 0.4) is 0 Å². The Hall–Kier alpha value is -3.53. The fourth-order valence-corrected chi connectivity index (χ4v) is 3.35. The first-order valence-electron chi connectivity index (χ1n) is 8.77. The molecule has 0 aliphatic carbocycles. The Morgan fingerprint density at radius 1 is 0.926 bits per heavy atom. The minimum Gasteiger partial charge on any atom is -0.333 e. The molecule has 0 aliphatic heterocycles. The molecular weight excluding hydrogens is 336 g/mol. The first-order valence-corrected chi connectivity index (χ1v) is 8.77. The Bertz CT molecular complexity index is 1140. The number of nitrogens with zero attached hydrogens (tertiary/aromatic N) is 2. The molecule has 2 heterocycles. The number of rotatable bonds is 5. The van der Waals surface area contributed by atoms with Crippen LogP contribution in [0.5, 0.6) is 0 Å². The van der Waals surface area contributed by atoms with Gasteiger partial charge in [-0.15, -0.1) is 0 Å². The molecule has 0 amide bonds. The third kappa shape index (κ3) is 3.17. The smallest absolute Gasteiger partial charge is 0.210 e. The van der Waals surface area contributed by atoms with Crippen molar-refractivity contribution in [1.82, 2.24) is 9.55 Å². The summed E-state index contributed by atoms with van der Waals surface area (Å²) in [6, 6.07) is 21.4. The van der Waals surface area contributed by atoms with Crippen molar-refractivity contribution in [3.8, 4) is 0 Å². The van der Waals surface area contributed by atoms with E-state index >= 15 is 0 Å². The van der Waals surface area contributed by atoms with Gasteiger partial charge >= 0.3 is 0 Å². The second-order valence-corrected chi connectivity index (χ2v) is 6.47. The number of ketones is 2. The van der Waals surface area contributed by atoms with Gasteiger partial charge in [0.1, 0.15) is 0 Å². The molecule has 0 saturated carbocycles. The third-order valence-electron chi connectivity index (χ3n) is 4.67. The van der Waals surface area contributed by atoms with Gasteiger partial charge in [0.25, 0.3) is 0 Å². The van der Waals surface area contributed by atoms with E-state index in [-0.39, 0.29) is 11.6 Å². The summed E-state index contributed by atoms with van der Waals surface area (Å²) in [5.41, 5.74) is 3.39. The predicted molar refractivity (Wildman–Crippen MR) is 105 cm³/mol. The lowest BCUT2D eigenvalue weighted by Crippen LogP contribution is -2.14. The van der Waals surface area contributed by atoms with Gasteiger partial charge in [-0.3, -0.25) is 14.6 Å². The molecule has 0 aliphatic rings. The summed E-state index contributed by atoms with van der Waals surface area (Å²) >= 11 is 0. The van der Waals surface area contributed by atoms with Crippen LogP contribution >= 0.6 is 0 Å². The van der Waals surface area contributed by atoms with E-state index < -0.39 is 0 Å². The van der Waals surface area contributed by atoms with Gasteiger partial charge in [0, 0.05) is 41.0 Å². The predicted octanol–water partition coefficient (Wildman–Crippen LogP) is 4.52. The van der Waals surface area contributed by atoms with E-state index in [1.165, 1.54) is 13.1 Å². The van der Waals surface area contributed by atoms with Crippen molar-refractivity contribution in [3.05, 3.63) is 102 Å². The highest BCUT2D eigenvalue weighted by atomic mass is 16.1. The summed E-state index contributed by atoms with van der Waals surface area (Å²) in [5.74, 6) is -0.341. The maximum Gasteiger partial charge on any atom is 0.210 e. The van der Waals surface area contributed by atoms with Crippen molar-refractivity contribution in [2.75, 3.05) is 0 Å². The minimum absolute atomic E-state index is 0.169. The van der Waals surface area contributed by atoms with Gasteiger partial charge < -0.3 is 4.57 Å². The van der Waals surface area contributed by atoms with Gasteiger partial charge in [-0.05, 0) is 30.7 Å². The number of benzene rings is 2. The van der Waals surface area contributed by atoms with Crippen molar-refractivity contribution >= 4 is 22.5 Å². The number of aromatic nitrogens is 2. The number of hydrogen-bond donors (Lipinski definition) is 0. The Kier molecular flexibility index (Phi) is 4.38. The van der Waals surface area contributed by atoms with E-state index in [1.807, 2.05) is 65.2 Å². The zero-order chi connectivity index (χ0) is 18.8. The summed E-state index contributed by atoms with van der Waals surface area (Å²) in [6.07, 6.45) is 3.00. The molecule has 0 fully saturated rings. The molecule has 0 radical (unpaired) electrons. The molecule has 132 valence electrons. The Balaban J connectivity index is 1.88. The molecule has 4 heteroatoms. The Morgan fingerprint density at radius 3 is 2.44 bits per heavy atom. The number of Topliss-reactive ketones (excluding diaryl/α,β-unsaturated/α-hetero) is 1. The Morgan fingerprint density at radius 2 is 1.67 bits per heavy atom. The average Bonchev–Trinajstić information content (AvgIpc) is 3.07. The van der Waals surface area contributed by atoms with Crippen LogP contribution < -0.4 is 0 Å². The molecule has 0 atom stereocenters. The molecule has 0 bridgehead atoms. The first-order chi connectivity index (χ1) is 13.1. The van der Waals surface area contributed by atoms with Crippen LogP contribution in [-0.4, -0.2) is 21.1 Å². The van der Waals surface area contributed by atoms with Crippen LogP contribution in [0.15, 0.2) is 79.1 Å². The molecule has 4 aromatic rings. The first kappa shape index (κ1) is 16.9. The van der Waals surface area contributed by atoms with Crippen molar-refractivity contribution in [1.29, 1.82) is 0 Å². The summed E-state index contributed by atoms with van der Waals surface area (Å²) in [7, 11) is 0. The highest BCUT2D eigenvalue weighted by Crippen LogP contribution is 2.24. The zero-order valence-corrected chi connectivity index (χ0v) is 14.9. The van der Waals surface area contributed by atoms with Crippen LogP contribution in [0.4, 0.5) is 0 Å². The molecule has 2 aromatic carbocycles. The zero-order valence-electron chi connectivity index (χ0n) is 14.9. The van der Waals surface area contributed by atoms with E-state index in [4.69, 9.17) is 0 Å². The molecule has 0 N–H and O–H groups in total. The van der Waals surface area contributed by atoms with Crippen LogP contribution in [0, 0.1) is 0 Å². The van der Waals surface area contributed by atoms with Gasteiger partial charge in [-0.2, -0.15) is 0 Å². The number of hydrogen-bond acceptors (Lipinski definition) is 3. The van der Waals surface area contributed by atoms with E-state index in [0.717, 1.165) is 16.5 Å². The number of pyridine rings is 1. The molecule has 0 saturated heterocycles. The van der Waals surface area contributed by atoms with Crippen molar-refractivity contribution < 1.29 is 9.59 Å². The van der Waals surface area contributed by atoms with Gasteiger partial charge in [0.2, 0.25) is 5.78 Å². The van der Waals surface area contributed by atoms with Gasteiger partial charge in [-0.1, -0.05) is 48.5 Å². The SMILES string of the molecule is CC(=O)c1cnccc1C(=O)c1cc2ccccc2n1Cc1ccccc1. The number of para-hydroxylation sites is 1. The lowest BCUT2D eigenvalue weighted by Gasteiger charge is -2.12. The second kappa shape index (κ2) is 7.00. The van der Waals surface area contributed by atoms with E-state index in [9.17, 15) is 9.59 Å². The fraction of sp³-hybridized carbons (Fsp3) is 0.0870. The normalized spacial score (nSPS) is 10.9. The van der Waals surface area contributed by atoms with Crippen molar-refractivity contribution in [2.45, 2.75) is 13.5 Å².